The lowest BCUT2D eigenvalue weighted by Gasteiger charge is -2.29. The van der Waals surface area contributed by atoms with Crippen LogP contribution >= 0.6 is 0 Å². The molecule has 0 atom stereocenters. The summed E-state index contributed by atoms with van der Waals surface area (Å²) in [7, 11) is 0. The highest BCUT2D eigenvalue weighted by Crippen LogP contribution is 2.33. The number of oxazole rings is 1. The highest BCUT2D eigenvalue weighted by Gasteiger charge is 2.24. The number of carbonyl (C=O) groups excluding carboxylic acids is 1. The molecule has 2 aromatic heterocycles. The number of pyridine rings is 1. The Morgan fingerprint density at radius 2 is 1.90 bits per heavy atom. The van der Waals surface area contributed by atoms with Crippen molar-refractivity contribution in [1.29, 1.82) is 0 Å². The number of nitrogens with zero attached hydrogens (tertiary/aromatic N) is 2. The fraction of sp³-hybridized carbons (Fsp3) is 0.348. The molecule has 4 heterocycles. The maximum atomic E-state index is 12.7. The summed E-state index contributed by atoms with van der Waals surface area (Å²) in [5, 5.41) is 2.91. The Morgan fingerprint density at radius 1 is 1.03 bits per heavy atom. The monoisotopic (exact) mass is 389 g/mol. The van der Waals surface area contributed by atoms with E-state index in [1.165, 1.54) is 6.26 Å². The molecule has 1 aliphatic carbocycles. The van der Waals surface area contributed by atoms with Gasteiger partial charge in [0.25, 0.3) is 5.91 Å². The van der Waals surface area contributed by atoms with E-state index in [1.807, 2.05) is 36.4 Å². The molecule has 1 saturated carbocycles. The smallest absolute Gasteiger partial charge is 0.277 e. The number of rotatable bonds is 0. The van der Waals surface area contributed by atoms with Crippen molar-refractivity contribution in [2.24, 2.45) is 5.92 Å². The molecule has 3 aromatic rings. The van der Waals surface area contributed by atoms with Gasteiger partial charge in [-0.05, 0) is 68.7 Å². The summed E-state index contributed by atoms with van der Waals surface area (Å²) < 4.78 is 11.8. The molecule has 1 N–H and O–H groups in total. The lowest BCUT2D eigenvalue weighted by molar-refractivity contribution is 0.101. The van der Waals surface area contributed by atoms with E-state index in [4.69, 9.17) is 9.15 Å². The van der Waals surface area contributed by atoms with Crippen LogP contribution in [-0.2, 0) is 6.42 Å². The van der Waals surface area contributed by atoms with Gasteiger partial charge >= 0.3 is 0 Å². The van der Waals surface area contributed by atoms with Gasteiger partial charge in [0.05, 0.1) is 11.8 Å². The largest absolute Gasteiger partial charge is 0.488 e. The Morgan fingerprint density at radius 3 is 2.79 bits per heavy atom. The van der Waals surface area contributed by atoms with Crippen LogP contribution in [0.15, 0.2) is 53.3 Å². The molecule has 6 heteroatoms. The van der Waals surface area contributed by atoms with Crippen molar-refractivity contribution < 1.29 is 13.9 Å². The van der Waals surface area contributed by atoms with E-state index in [0.29, 0.717) is 23.2 Å². The number of benzene rings is 1. The molecule has 3 aliphatic rings. The fourth-order valence-corrected chi connectivity index (χ4v) is 4.19. The summed E-state index contributed by atoms with van der Waals surface area (Å²) in [6.45, 7) is 0. The van der Waals surface area contributed by atoms with Gasteiger partial charge in [0, 0.05) is 17.5 Å². The number of amides is 1. The van der Waals surface area contributed by atoms with E-state index < -0.39 is 0 Å². The second-order valence-electron chi connectivity index (χ2n) is 7.82. The molecule has 6 nitrogen and oxygen atoms in total. The number of carbonyl (C=O) groups is 1. The second-order valence-corrected chi connectivity index (χ2v) is 7.82. The maximum absolute atomic E-state index is 12.7. The Balaban J connectivity index is 1.50. The molecular weight excluding hydrogens is 366 g/mol. The van der Waals surface area contributed by atoms with E-state index in [2.05, 4.69) is 15.3 Å². The first-order chi connectivity index (χ1) is 14.2. The fourth-order valence-electron chi connectivity index (χ4n) is 4.19. The van der Waals surface area contributed by atoms with Gasteiger partial charge in [-0.25, -0.2) is 4.98 Å². The molecule has 29 heavy (non-hydrogen) atoms. The first-order valence-electron chi connectivity index (χ1n) is 10.2. The molecule has 0 spiro atoms. The van der Waals surface area contributed by atoms with Crippen LogP contribution in [0.25, 0.3) is 11.5 Å². The number of nitrogens with one attached hydrogen (secondary N) is 1. The highest BCUT2D eigenvalue weighted by molar-refractivity contribution is 6.03. The van der Waals surface area contributed by atoms with Gasteiger partial charge in [-0.3, -0.25) is 9.78 Å². The molecule has 0 radical (unpaired) electrons. The summed E-state index contributed by atoms with van der Waals surface area (Å²) in [5.41, 5.74) is 2.76. The Labute approximate surface area is 169 Å². The van der Waals surface area contributed by atoms with Crippen LogP contribution in [0.5, 0.6) is 5.75 Å². The number of hydrogen-bond acceptors (Lipinski definition) is 5. The van der Waals surface area contributed by atoms with Gasteiger partial charge in [-0.2, -0.15) is 0 Å². The summed E-state index contributed by atoms with van der Waals surface area (Å²) in [6, 6.07) is 11.4. The number of para-hydroxylation sites is 2. The van der Waals surface area contributed by atoms with Crippen LogP contribution < -0.4 is 10.1 Å². The molecule has 2 aliphatic heterocycles. The summed E-state index contributed by atoms with van der Waals surface area (Å²) in [6.07, 6.45) is 9.78. The van der Waals surface area contributed by atoms with Crippen LogP contribution in [0.2, 0.25) is 0 Å². The van der Waals surface area contributed by atoms with E-state index in [0.717, 1.165) is 49.8 Å². The van der Waals surface area contributed by atoms with E-state index in [1.54, 1.807) is 6.20 Å². The highest BCUT2D eigenvalue weighted by atomic mass is 16.5. The average molecular weight is 389 g/mol. The normalized spacial score (nSPS) is 21.6. The topological polar surface area (TPSA) is 77.2 Å². The summed E-state index contributed by atoms with van der Waals surface area (Å²) in [5.74, 6) is 1.50. The number of aryl methyl sites for hydroxylation is 1. The maximum Gasteiger partial charge on any atom is 0.277 e. The van der Waals surface area contributed by atoms with Crippen LogP contribution in [0.4, 0.5) is 5.69 Å². The van der Waals surface area contributed by atoms with Crippen LogP contribution in [0.1, 0.15) is 48.3 Å². The minimum absolute atomic E-state index is 0.181. The molecule has 1 aromatic carbocycles. The van der Waals surface area contributed by atoms with Crippen molar-refractivity contribution in [3.8, 4) is 17.2 Å². The SMILES string of the molecule is O=C1Nc2ccccc2OC2CCC(CCc3cc(ccn3)-c3nc1co3)CC2. The average Bonchev–Trinajstić information content (AvgIpc) is 3.25. The quantitative estimate of drug-likeness (QED) is 0.593. The molecule has 6 rings (SSSR count). The first-order valence-corrected chi connectivity index (χ1v) is 10.2. The van der Waals surface area contributed by atoms with Crippen LogP contribution in [0.3, 0.4) is 0 Å². The summed E-state index contributed by atoms with van der Waals surface area (Å²) in [4.78, 5) is 21.6. The second kappa shape index (κ2) is 7.70. The van der Waals surface area contributed by atoms with Crippen LogP contribution in [0, 0.1) is 5.92 Å². The van der Waals surface area contributed by atoms with Gasteiger partial charge in [-0.15, -0.1) is 0 Å². The van der Waals surface area contributed by atoms with Gasteiger partial charge < -0.3 is 14.5 Å². The van der Waals surface area contributed by atoms with Gasteiger partial charge in [0.15, 0.2) is 5.69 Å². The molecule has 0 saturated heterocycles. The number of ether oxygens (including phenoxy) is 1. The minimum atomic E-state index is -0.321. The predicted molar refractivity (Wildman–Crippen MR) is 109 cm³/mol. The Hall–Kier alpha value is -3.15. The van der Waals surface area contributed by atoms with Crippen molar-refractivity contribution in [1.82, 2.24) is 9.97 Å². The summed E-state index contributed by atoms with van der Waals surface area (Å²) >= 11 is 0. The number of hydrogen-bond donors (Lipinski definition) is 1. The molecule has 1 amide bonds. The third-order valence-electron chi connectivity index (χ3n) is 5.83. The minimum Gasteiger partial charge on any atom is -0.488 e. The predicted octanol–water partition coefficient (Wildman–Crippen LogP) is 4.87. The van der Waals surface area contributed by atoms with Crippen molar-refractivity contribution >= 4 is 11.6 Å². The van der Waals surface area contributed by atoms with E-state index in [9.17, 15) is 4.79 Å². The van der Waals surface area contributed by atoms with Crippen molar-refractivity contribution in [2.45, 2.75) is 44.6 Å². The molecule has 1 fully saturated rings. The molecule has 0 unspecified atom stereocenters. The Bertz CT molecular complexity index is 1020. The Kier molecular flexibility index (Phi) is 4.76. The zero-order chi connectivity index (χ0) is 19.6. The van der Waals surface area contributed by atoms with E-state index in [-0.39, 0.29) is 17.7 Å². The van der Waals surface area contributed by atoms with Crippen molar-refractivity contribution in [3.63, 3.8) is 0 Å². The lowest BCUT2D eigenvalue weighted by atomic mass is 9.84. The van der Waals surface area contributed by atoms with Gasteiger partial charge in [-0.1, -0.05) is 12.1 Å². The van der Waals surface area contributed by atoms with Crippen molar-refractivity contribution in [2.75, 3.05) is 5.32 Å². The molecular formula is C23H23N3O3. The standard InChI is InChI=1S/C23H23N3O3/c27-22-20-14-28-23(26-20)16-11-12-24-17(13-16)8-5-15-6-9-18(10-7-15)29-21-4-2-1-3-19(21)25-22/h1-4,11-15,18H,5-10H2,(H,25,27). The molecule has 148 valence electrons. The number of aromatic nitrogens is 2. The van der Waals surface area contributed by atoms with E-state index >= 15 is 0 Å². The van der Waals surface area contributed by atoms with Gasteiger partial charge in [0.1, 0.15) is 12.0 Å². The molecule has 6 bridgehead atoms. The third kappa shape index (κ3) is 3.88. The first kappa shape index (κ1) is 17.9. The lowest BCUT2D eigenvalue weighted by Crippen LogP contribution is -2.25. The van der Waals surface area contributed by atoms with Crippen LogP contribution in [-0.4, -0.2) is 22.0 Å². The van der Waals surface area contributed by atoms with Crippen molar-refractivity contribution in [3.05, 3.63) is 60.2 Å². The third-order valence-corrected chi connectivity index (χ3v) is 5.83. The number of fused-ring (bicyclic) bond motifs is 4. The van der Waals surface area contributed by atoms with Gasteiger partial charge in [0.2, 0.25) is 5.89 Å². The zero-order valence-corrected chi connectivity index (χ0v) is 16.1. The zero-order valence-electron chi connectivity index (χ0n) is 16.1. The number of anilines is 1.